The van der Waals surface area contributed by atoms with Crippen molar-refractivity contribution in [2.24, 2.45) is 5.92 Å². The molecule has 3 rings (SSSR count). The molecule has 0 unspecified atom stereocenters. The fraction of sp³-hybridized carbons (Fsp3) is 0.429. The molecule has 24 heavy (non-hydrogen) atoms. The van der Waals surface area contributed by atoms with E-state index in [-0.39, 0.29) is 12.2 Å². The maximum absolute atomic E-state index is 10.5. The van der Waals surface area contributed by atoms with Crippen LogP contribution in [0.1, 0.15) is 30.9 Å². The predicted octanol–water partition coefficient (Wildman–Crippen LogP) is 3.95. The Morgan fingerprint density at radius 2 is 1.38 bits per heavy atom. The molecule has 0 spiro atoms. The quantitative estimate of drug-likeness (QED) is 0.873. The van der Waals surface area contributed by atoms with Crippen molar-refractivity contribution in [2.45, 2.75) is 51.3 Å². The van der Waals surface area contributed by atoms with Gasteiger partial charge >= 0.3 is 0 Å². The SMILES string of the molecule is C[C@H]1C[C@@H](O)[C@@H](OCc2ccccc2)[C@H](OCc2ccccc2)C1. The standard InChI is InChI=1S/C21H26O3/c1-16-12-19(22)21(24-15-18-10-6-3-7-11-18)20(13-16)23-14-17-8-4-2-5-9-17/h2-11,16,19-22H,12-15H2,1H3/t16-,19+,20+,21+/m0/s1. The smallest absolute Gasteiger partial charge is 0.110 e. The molecule has 0 aromatic heterocycles. The maximum Gasteiger partial charge on any atom is 0.110 e. The molecule has 2 aromatic carbocycles. The fourth-order valence-corrected chi connectivity index (χ4v) is 3.35. The molecule has 1 aliphatic rings. The molecule has 1 fully saturated rings. The molecule has 2 aromatic rings. The Kier molecular flexibility index (Phi) is 6.02. The lowest BCUT2D eigenvalue weighted by Crippen LogP contribution is -2.46. The van der Waals surface area contributed by atoms with Crippen LogP contribution >= 0.6 is 0 Å². The van der Waals surface area contributed by atoms with Crippen LogP contribution in [0, 0.1) is 5.92 Å². The molecule has 0 bridgehead atoms. The van der Waals surface area contributed by atoms with E-state index in [9.17, 15) is 5.11 Å². The van der Waals surface area contributed by atoms with Gasteiger partial charge in [-0.3, -0.25) is 0 Å². The first-order valence-corrected chi connectivity index (χ1v) is 8.71. The maximum atomic E-state index is 10.5. The van der Waals surface area contributed by atoms with Gasteiger partial charge in [0.15, 0.2) is 0 Å². The van der Waals surface area contributed by atoms with Crippen molar-refractivity contribution in [3.8, 4) is 0 Å². The summed E-state index contributed by atoms with van der Waals surface area (Å²) < 4.78 is 12.2. The summed E-state index contributed by atoms with van der Waals surface area (Å²) in [5.41, 5.74) is 2.26. The van der Waals surface area contributed by atoms with E-state index in [1.807, 2.05) is 48.5 Å². The van der Waals surface area contributed by atoms with Crippen molar-refractivity contribution < 1.29 is 14.6 Å². The van der Waals surface area contributed by atoms with E-state index >= 15 is 0 Å². The molecule has 0 heterocycles. The summed E-state index contributed by atoms with van der Waals surface area (Å²) in [5.74, 6) is 0.442. The van der Waals surface area contributed by atoms with E-state index < -0.39 is 6.10 Å². The Hall–Kier alpha value is -1.68. The van der Waals surface area contributed by atoms with Crippen molar-refractivity contribution in [3.63, 3.8) is 0 Å². The molecule has 0 amide bonds. The highest BCUT2D eigenvalue weighted by molar-refractivity contribution is 5.14. The zero-order valence-electron chi connectivity index (χ0n) is 14.2. The molecule has 1 N–H and O–H groups in total. The lowest BCUT2D eigenvalue weighted by molar-refractivity contribution is -0.159. The van der Waals surface area contributed by atoms with Gasteiger partial charge in [-0.1, -0.05) is 67.6 Å². The summed E-state index contributed by atoms with van der Waals surface area (Å²) in [4.78, 5) is 0. The van der Waals surface area contributed by atoms with Crippen molar-refractivity contribution in [1.82, 2.24) is 0 Å². The van der Waals surface area contributed by atoms with Crippen LogP contribution in [0.15, 0.2) is 60.7 Å². The van der Waals surface area contributed by atoms with Crippen LogP contribution in [0.2, 0.25) is 0 Å². The molecule has 1 saturated carbocycles. The molecule has 1 aliphatic carbocycles. The van der Waals surface area contributed by atoms with Gasteiger partial charge in [0.1, 0.15) is 6.10 Å². The third-order valence-corrected chi connectivity index (χ3v) is 4.62. The second kappa shape index (κ2) is 8.43. The van der Waals surface area contributed by atoms with Gasteiger partial charge in [0.05, 0.1) is 25.4 Å². The zero-order valence-corrected chi connectivity index (χ0v) is 14.2. The van der Waals surface area contributed by atoms with Gasteiger partial charge in [0, 0.05) is 0 Å². The van der Waals surface area contributed by atoms with E-state index in [1.54, 1.807) is 0 Å². The minimum Gasteiger partial charge on any atom is -0.390 e. The molecular weight excluding hydrogens is 300 g/mol. The second-order valence-electron chi connectivity index (χ2n) is 6.74. The number of rotatable bonds is 6. The summed E-state index contributed by atoms with van der Waals surface area (Å²) in [5, 5.41) is 10.5. The summed E-state index contributed by atoms with van der Waals surface area (Å²) in [6.07, 6.45) is 0.865. The number of benzene rings is 2. The van der Waals surface area contributed by atoms with E-state index in [0.717, 1.165) is 24.0 Å². The summed E-state index contributed by atoms with van der Waals surface area (Å²) >= 11 is 0. The third kappa shape index (κ3) is 4.67. The van der Waals surface area contributed by atoms with Crippen LogP contribution in [-0.2, 0) is 22.7 Å². The highest BCUT2D eigenvalue weighted by Gasteiger charge is 2.37. The Morgan fingerprint density at radius 1 is 0.833 bits per heavy atom. The summed E-state index contributed by atoms with van der Waals surface area (Å²) in [6.45, 7) is 3.22. The second-order valence-corrected chi connectivity index (χ2v) is 6.74. The Balaban J connectivity index is 1.61. The molecule has 4 atom stereocenters. The van der Waals surface area contributed by atoms with Crippen LogP contribution in [0.4, 0.5) is 0 Å². The van der Waals surface area contributed by atoms with Crippen LogP contribution in [-0.4, -0.2) is 23.4 Å². The molecule has 0 aliphatic heterocycles. The monoisotopic (exact) mass is 326 g/mol. The van der Waals surface area contributed by atoms with Crippen LogP contribution < -0.4 is 0 Å². The third-order valence-electron chi connectivity index (χ3n) is 4.62. The first-order chi connectivity index (χ1) is 11.7. The van der Waals surface area contributed by atoms with E-state index in [0.29, 0.717) is 19.1 Å². The lowest BCUT2D eigenvalue weighted by Gasteiger charge is -2.38. The molecule has 128 valence electrons. The number of hydrogen-bond donors (Lipinski definition) is 1. The number of aliphatic hydroxyl groups is 1. The number of hydrogen-bond acceptors (Lipinski definition) is 3. The normalized spacial score (nSPS) is 27.1. The van der Waals surface area contributed by atoms with Gasteiger partial charge in [-0.05, 0) is 29.9 Å². The molecule has 3 heteroatoms. The van der Waals surface area contributed by atoms with E-state index in [2.05, 4.69) is 19.1 Å². The van der Waals surface area contributed by atoms with Gasteiger partial charge < -0.3 is 14.6 Å². The molecule has 0 radical (unpaired) electrons. The van der Waals surface area contributed by atoms with Crippen LogP contribution in [0.25, 0.3) is 0 Å². The summed E-state index contributed by atoms with van der Waals surface area (Å²) in [7, 11) is 0. The van der Waals surface area contributed by atoms with E-state index in [4.69, 9.17) is 9.47 Å². The average molecular weight is 326 g/mol. The lowest BCUT2D eigenvalue weighted by atomic mass is 9.84. The van der Waals surface area contributed by atoms with E-state index in [1.165, 1.54) is 0 Å². The highest BCUT2D eigenvalue weighted by Crippen LogP contribution is 2.30. The van der Waals surface area contributed by atoms with Crippen molar-refractivity contribution in [1.29, 1.82) is 0 Å². The Bertz CT molecular complexity index is 599. The number of aliphatic hydroxyl groups excluding tert-OH is 1. The summed E-state index contributed by atoms with van der Waals surface area (Å²) in [6, 6.07) is 20.2. The molecule has 0 saturated heterocycles. The van der Waals surface area contributed by atoms with Gasteiger partial charge in [-0.2, -0.15) is 0 Å². The predicted molar refractivity (Wildman–Crippen MR) is 94.4 cm³/mol. The fourth-order valence-electron chi connectivity index (χ4n) is 3.35. The Labute approximate surface area is 144 Å². The van der Waals surface area contributed by atoms with Crippen molar-refractivity contribution >= 4 is 0 Å². The highest BCUT2D eigenvalue weighted by atomic mass is 16.5. The first kappa shape index (κ1) is 17.2. The van der Waals surface area contributed by atoms with Gasteiger partial charge in [-0.15, -0.1) is 0 Å². The topological polar surface area (TPSA) is 38.7 Å². The number of ether oxygens (including phenoxy) is 2. The van der Waals surface area contributed by atoms with Gasteiger partial charge in [-0.25, -0.2) is 0 Å². The minimum absolute atomic E-state index is 0.0762. The van der Waals surface area contributed by atoms with Crippen LogP contribution in [0.3, 0.4) is 0 Å². The first-order valence-electron chi connectivity index (χ1n) is 8.71. The zero-order chi connectivity index (χ0) is 16.8. The average Bonchev–Trinajstić information content (AvgIpc) is 2.61. The van der Waals surface area contributed by atoms with Crippen molar-refractivity contribution in [2.75, 3.05) is 0 Å². The van der Waals surface area contributed by atoms with Gasteiger partial charge in [0.25, 0.3) is 0 Å². The largest absolute Gasteiger partial charge is 0.390 e. The molecular formula is C21H26O3. The molecule has 3 nitrogen and oxygen atoms in total. The Morgan fingerprint density at radius 3 is 1.96 bits per heavy atom. The van der Waals surface area contributed by atoms with Gasteiger partial charge in [0.2, 0.25) is 0 Å². The minimum atomic E-state index is -0.474. The van der Waals surface area contributed by atoms with Crippen molar-refractivity contribution in [3.05, 3.63) is 71.8 Å². The van der Waals surface area contributed by atoms with Crippen LogP contribution in [0.5, 0.6) is 0 Å².